The van der Waals surface area contributed by atoms with Crippen molar-refractivity contribution in [3.8, 4) is 0 Å². The molecule has 0 aliphatic heterocycles. The SMILES string of the molecule is CCNCC(C)C(=O)NCCN(C)c1ccccc1. The summed E-state index contributed by atoms with van der Waals surface area (Å²) in [5, 5.41) is 6.15. The van der Waals surface area contributed by atoms with Gasteiger partial charge in [0.1, 0.15) is 0 Å². The van der Waals surface area contributed by atoms with Crippen LogP contribution in [0.3, 0.4) is 0 Å². The number of nitrogens with one attached hydrogen (secondary N) is 2. The zero-order valence-electron chi connectivity index (χ0n) is 12.1. The van der Waals surface area contributed by atoms with Gasteiger partial charge in [-0.2, -0.15) is 0 Å². The summed E-state index contributed by atoms with van der Waals surface area (Å²) in [5.41, 5.74) is 1.16. The van der Waals surface area contributed by atoms with Gasteiger partial charge in [-0.05, 0) is 18.7 Å². The molecular weight excluding hydrogens is 238 g/mol. The fraction of sp³-hybridized carbons (Fsp3) is 0.533. The van der Waals surface area contributed by atoms with E-state index >= 15 is 0 Å². The van der Waals surface area contributed by atoms with Crippen LogP contribution in [0.2, 0.25) is 0 Å². The molecule has 0 aromatic heterocycles. The molecule has 1 unspecified atom stereocenters. The van der Waals surface area contributed by atoms with E-state index in [-0.39, 0.29) is 11.8 Å². The van der Waals surface area contributed by atoms with Crippen LogP contribution in [0, 0.1) is 5.92 Å². The molecule has 0 saturated carbocycles. The molecule has 2 N–H and O–H groups in total. The predicted octanol–water partition coefficient (Wildman–Crippen LogP) is 1.48. The number of likely N-dealkylation sites (N-methyl/N-ethyl adjacent to an activating group) is 1. The summed E-state index contributed by atoms with van der Waals surface area (Å²) in [6.07, 6.45) is 0. The van der Waals surface area contributed by atoms with Crippen molar-refractivity contribution in [1.29, 1.82) is 0 Å². The van der Waals surface area contributed by atoms with Crippen molar-refractivity contribution in [3.63, 3.8) is 0 Å². The van der Waals surface area contributed by atoms with Gasteiger partial charge in [0.05, 0.1) is 0 Å². The predicted molar refractivity (Wildman–Crippen MR) is 80.4 cm³/mol. The van der Waals surface area contributed by atoms with Crippen molar-refractivity contribution >= 4 is 11.6 Å². The Kier molecular flexibility index (Phi) is 6.97. The molecule has 0 aliphatic rings. The Labute approximate surface area is 116 Å². The number of benzene rings is 1. The summed E-state index contributed by atoms with van der Waals surface area (Å²) in [6.45, 7) is 7.09. The normalized spacial score (nSPS) is 11.9. The van der Waals surface area contributed by atoms with Gasteiger partial charge in [0.25, 0.3) is 0 Å². The lowest BCUT2D eigenvalue weighted by Crippen LogP contribution is -2.39. The Morgan fingerprint density at radius 2 is 2.00 bits per heavy atom. The van der Waals surface area contributed by atoms with Gasteiger partial charge in [-0.1, -0.05) is 32.0 Å². The lowest BCUT2D eigenvalue weighted by molar-refractivity contribution is -0.124. The average molecular weight is 263 g/mol. The Balaban J connectivity index is 2.24. The van der Waals surface area contributed by atoms with Crippen LogP contribution in [0.5, 0.6) is 0 Å². The first-order valence-electron chi connectivity index (χ1n) is 6.89. The third-order valence-electron chi connectivity index (χ3n) is 3.09. The average Bonchev–Trinajstić information content (AvgIpc) is 2.45. The number of amides is 1. The number of nitrogens with zero attached hydrogens (tertiary/aromatic N) is 1. The molecule has 0 saturated heterocycles. The van der Waals surface area contributed by atoms with E-state index in [0.29, 0.717) is 6.54 Å². The van der Waals surface area contributed by atoms with E-state index < -0.39 is 0 Å². The summed E-state index contributed by atoms with van der Waals surface area (Å²) in [6, 6.07) is 10.2. The zero-order valence-corrected chi connectivity index (χ0v) is 12.1. The molecule has 0 aliphatic carbocycles. The first kappa shape index (κ1) is 15.5. The molecule has 4 nitrogen and oxygen atoms in total. The Hall–Kier alpha value is -1.55. The first-order chi connectivity index (χ1) is 9.15. The van der Waals surface area contributed by atoms with Gasteiger partial charge in [-0.15, -0.1) is 0 Å². The van der Waals surface area contributed by atoms with Crippen LogP contribution in [0.1, 0.15) is 13.8 Å². The highest BCUT2D eigenvalue weighted by molar-refractivity contribution is 5.78. The van der Waals surface area contributed by atoms with Gasteiger partial charge in [0.2, 0.25) is 5.91 Å². The maximum atomic E-state index is 11.8. The maximum Gasteiger partial charge on any atom is 0.224 e. The quantitative estimate of drug-likeness (QED) is 0.747. The highest BCUT2D eigenvalue weighted by Crippen LogP contribution is 2.09. The number of hydrogen-bond donors (Lipinski definition) is 2. The van der Waals surface area contributed by atoms with Gasteiger partial charge in [-0.3, -0.25) is 4.79 Å². The standard InChI is InChI=1S/C15H25N3O/c1-4-16-12-13(2)15(19)17-10-11-18(3)14-8-6-5-7-9-14/h5-9,13,16H,4,10-12H2,1-3H3,(H,17,19). The molecule has 19 heavy (non-hydrogen) atoms. The van der Waals surface area contributed by atoms with Crippen molar-refractivity contribution in [2.75, 3.05) is 38.1 Å². The van der Waals surface area contributed by atoms with Crippen LogP contribution in [0.15, 0.2) is 30.3 Å². The topological polar surface area (TPSA) is 44.4 Å². The molecule has 1 aromatic carbocycles. The molecule has 0 bridgehead atoms. The summed E-state index contributed by atoms with van der Waals surface area (Å²) in [4.78, 5) is 13.9. The van der Waals surface area contributed by atoms with E-state index in [2.05, 4.69) is 27.7 Å². The molecule has 1 aromatic rings. The van der Waals surface area contributed by atoms with E-state index in [1.807, 2.05) is 39.1 Å². The van der Waals surface area contributed by atoms with Crippen molar-refractivity contribution in [2.24, 2.45) is 5.92 Å². The summed E-state index contributed by atoms with van der Waals surface area (Å²) in [7, 11) is 2.03. The monoisotopic (exact) mass is 263 g/mol. The molecule has 0 heterocycles. The van der Waals surface area contributed by atoms with E-state index in [0.717, 1.165) is 25.3 Å². The molecule has 1 rings (SSSR count). The number of carbonyl (C=O) groups excluding carboxylic acids is 1. The number of hydrogen-bond acceptors (Lipinski definition) is 3. The fourth-order valence-corrected chi connectivity index (χ4v) is 1.79. The fourth-order valence-electron chi connectivity index (χ4n) is 1.79. The molecule has 0 radical (unpaired) electrons. The highest BCUT2D eigenvalue weighted by atomic mass is 16.1. The Morgan fingerprint density at radius 1 is 1.32 bits per heavy atom. The first-order valence-corrected chi connectivity index (χ1v) is 6.89. The van der Waals surface area contributed by atoms with Gasteiger partial charge < -0.3 is 15.5 Å². The molecule has 0 fully saturated rings. The largest absolute Gasteiger partial charge is 0.373 e. The minimum absolute atomic E-state index is 0.0157. The van der Waals surface area contributed by atoms with Gasteiger partial charge in [0, 0.05) is 38.3 Å². The van der Waals surface area contributed by atoms with Crippen molar-refractivity contribution in [3.05, 3.63) is 30.3 Å². The van der Waals surface area contributed by atoms with Crippen molar-refractivity contribution in [1.82, 2.24) is 10.6 Å². The molecule has 0 spiro atoms. The molecule has 1 atom stereocenters. The van der Waals surface area contributed by atoms with Crippen LogP contribution in [0.4, 0.5) is 5.69 Å². The van der Waals surface area contributed by atoms with Crippen LogP contribution < -0.4 is 15.5 Å². The third-order valence-corrected chi connectivity index (χ3v) is 3.09. The smallest absolute Gasteiger partial charge is 0.224 e. The molecular formula is C15H25N3O. The van der Waals surface area contributed by atoms with Crippen molar-refractivity contribution < 1.29 is 4.79 Å². The van der Waals surface area contributed by atoms with Crippen LogP contribution >= 0.6 is 0 Å². The van der Waals surface area contributed by atoms with Crippen molar-refractivity contribution in [2.45, 2.75) is 13.8 Å². The lowest BCUT2D eigenvalue weighted by Gasteiger charge is -2.20. The molecule has 1 amide bonds. The summed E-state index contributed by atoms with van der Waals surface area (Å²) < 4.78 is 0. The lowest BCUT2D eigenvalue weighted by atomic mass is 10.1. The second kappa shape index (κ2) is 8.53. The summed E-state index contributed by atoms with van der Waals surface area (Å²) >= 11 is 0. The van der Waals surface area contributed by atoms with Crippen LogP contribution in [0.25, 0.3) is 0 Å². The van der Waals surface area contributed by atoms with Crippen LogP contribution in [-0.2, 0) is 4.79 Å². The Morgan fingerprint density at radius 3 is 2.63 bits per heavy atom. The number of anilines is 1. The minimum Gasteiger partial charge on any atom is -0.373 e. The molecule has 4 heteroatoms. The van der Waals surface area contributed by atoms with Crippen LogP contribution in [-0.4, -0.2) is 39.1 Å². The van der Waals surface area contributed by atoms with Gasteiger partial charge in [0.15, 0.2) is 0 Å². The third kappa shape index (κ3) is 5.75. The second-order valence-corrected chi connectivity index (χ2v) is 4.76. The highest BCUT2D eigenvalue weighted by Gasteiger charge is 2.11. The number of para-hydroxylation sites is 1. The van der Waals surface area contributed by atoms with E-state index in [1.54, 1.807) is 0 Å². The number of rotatable bonds is 8. The Bertz CT molecular complexity index is 367. The van der Waals surface area contributed by atoms with E-state index in [9.17, 15) is 4.79 Å². The van der Waals surface area contributed by atoms with Gasteiger partial charge >= 0.3 is 0 Å². The zero-order chi connectivity index (χ0) is 14.1. The van der Waals surface area contributed by atoms with Gasteiger partial charge in [-0.25, -0.2) is 0 Å². The maximum absolute atomic E-state index is 11.8. The minimum atomic E-state index is 0.0157. The number of carbonyl (C=O) groups is 1. The molecule has 106 valence electrons. The van der Waals surface area contributed by atoms with E-state index in [4.69, 9.17) is 0 Å². The second-order valence-electron chi connectivity index (χ2n) is 4.76. The summed E-state index contributed by atoms with van der Waals surface area (Å²) in [5.74, 6) is 0.129. The van der Waals surface area contributed by atoms with E-state index in [1.165, 1.54) is 0 Å².